The van der Waals surface area contributed by atoms with Crippen molar-refractivity contribution in [2.75, 3.05) is 0 Å². The number of aromatic nitrogens is 4. The number of rotatable bonds is 2. The van der Waals surface area contributed by atoms with Crippen LogP contribution in [0.15, 0.2) is 42.6 Å². The Kier molecular flexibility index (Phi) is 3.59. The average Bonchev–Trinajstić information content (AvgIpc) is 3.58. The first-order chi connectivity index (χ1) is 12.7. The highest BCUT2D eigenvalue weighted by Crippen LogP contribution is 2.41. The monoisotopic (exact) mass is 344 g/mol. The van der Waals surface area contributed by atoms with Crippen LogP contribution in [0.1, 0.15) is 54.3 Å². The van der Waals surface area contributed by atoms with Crippen LogP contribution >= 0.6 is 0 Å². The zero-order valence-corrected chi connectivity index (χ0v) is 15.4. The van der Waals surface area contributed by atoms with Crippen LogP contribution in [0.25, 0.3) is 21.8 Å². The maximum Gasteiger partial charge on any atom is 0.0682 e. The van der Waals surface area contributed by atoms with Gasteiger partial charge in [0, 0.05) is 17.8 Å². The molecule has 0 bridgehead atoms. The number of benzene rings is 2. The van der Waals surface area contributed by atoms with Gasteiger partial charge in [0.05, 0.1) is 22.9 Å². The summed E-state index contributed by atoms with van der Waals surface area (Å²) in [5.74, 6) is 1.67. The summed E-state index contributed by atoms with van der Waals surface area (Å²) in [5, 5.41) is 13.9. The third-order valence-corrected chi connectivity index (χ3v) is 5.62. The van der Waals surface area contributed by atoms with Gasteiger partial charge in [-0.25, -0.2) is 0 Å². The number of hydrogen-bond donors (Lipinski definition) is 1. The van der Waals surface area contributed by atoms with E-state index in [-0.39, 0.29) is 0 Å². The Morgan fingerprint density at radius 3 is 2.38 bits per heavy atom. The van der Waals surface area contributed by atoms with Crippen molar-refractivity contribution in [1.29, 1.82) is 0 Å². The van der Waals surface area contributed by atoms with Crippen molar-refractivity contribution in [2.45, 2.75) is 44.4 Å². The van der Waals surface area contributed by atoms with Crippen molar-refractivity contribution < 1.29 is 0 Å². The number of aryl methyl sites for hydroxylation is 2. The smallest absolute Gasteiger partial charge is 0.0682 e. The molecule has 0 atom stereocenters. The van der Waals surface area contributed by atoms with Gasteiger partial charge in [0.2, 0.25) is 0 Å². The van der Waals surface area contributed by atoms with E-state index in [2.05, 4.69) is 58.6 Å². The van der Waals surface area contributed by atoms with E-state index in [1.807, 2.05) is 17.9 Å². The molecule has 26 heavy (non-hydrogen) atoms. The first-order valence-corrected chi connectivity index (χ1v) is 9.55. The molecule has 0 saturated heterocycles. The van der Waals surface area contributed by atoms with E-state index in [1.165, 1.54) is 53.1 Å². The SMILES string of the molecule is Cc1nn(C)c2ccc(C3CC3)cc12.c1cc2[nH]ncc2cc1C1CC1. The van der Waals surface area contributed by atoms with Crippen molar-refractivity contribution in [3.05, 3.63) is 59.4 Å². The highest BCUT2D eigenvalue weighted by atomic mass is 15.3. The van der Waals surface area contributed by atoms with Crippen molar-refractivity contribution >= 4 is 21.8 Å². The molecule has 2 aromatic carbocycles. The third kappa shape index (κ3) is 2.90. The number of nitrogens with one attached hydrogen (secondary N) is 1. The normalized spacial score (nSPS) is 16.7. The van der Waals surface area contributed by atoms with Crippen LogP contribution in [-0.2, 0) is 7.05 Å². The molecule has 2 aliphatic rings. The standard InChI is InChI=1S/C12H14N2.C10H10N2/c1-8-11-7-10(9-3-4-9)5-6-12(11)14(2)13-8;1-2-7(1)8-3-4-10-9(5-8)6-11-12-10/h5-7,9H,3-4H2,1-2H3;3-7H,1-2H2,(H,11,12). The quantitative estimate of drug-likeness (QED) is 0.543. The Morgan fingerprint density at radius 2 is 1.65 bits per heavy atom. The minimum absolute atomic E-state index is 0.832. The van der Waals surface area contributed by atoms with Gasteiger partial charge in [-0.05, 0) is 79.8 Å². The minimum atomic E-state index is 0.832. The number of aromatic amines is 1. The molecule has 0 unspecified atom stereocenters. The molecule has 0 spiro atoms. The molecule has 0 amide bonds. The largest absolute Gasteiger partial charge is 0.278 e. The minimum Gasteiger partial charge on any atom is -0.278 e. The van der Waals surface area contributed by atoms with Crippen LogP contribution < -0.4 is 0 Å². The van der Waals surface area contributed by atoms with Crippen molar-refractivity contribution in [2.24, 2.45) is 7.05 Å². The lowest BCUT2D eigenvalue weighted by molar-refractivity contribution is 0.783. The van der Waals surface area contributed by atoms with Crippen molar-refractivity contribution in [3.63, 3.8) is 0 Å². The zero-order valence-electron chi connectivity index (χ0n) is 15.4. The molecule has 2 fully saturated rings. The number of nitrogens with zero attached hydrogens (tertiary/aromatic N) is 3. The predicted octanol–water partition coefficient (Wildman–Crippen LogP) is 5.20. The van der Waals surface area contributed by atoms with E-state index >= 15 is 0 Å². The molecule has 4 nitrogen and oxygen atoms in total. The molecule has 2 saturated carbocycles. The Morgan fingerprint density at radius 1 is 0.962 bits per heavy atom. The number of fused-ring (bicyclic) bond motifs is 2. The van der Waals surface area contributed by atoms with Gasteiger partial charge in [-0.3, -0.25) is 9.78 Å². The molecule has 1 N–H and O–H groups in total. The van der Waals surface area contributed by atoms with Gasteiger partial charge in [-0.15, -0.1) is 0 Å². The van der Waals surface area contributed by atoms with E-state index in [4.69, 9.17) is 0 Å². The molecule has 132 valence electrons. The molecule has 2 aromatic heterocycles. The second-order valence-electron chi connectivity index (χ2n) is 7.75. The molecule has 0 radical (unpaired) electrons. The summed E-state index contributed by atoms with van der Waals surface area (Å²) < 4.78 is 1.96. The molecule has 4 aromatic rings. The highest BCUT2D eigenvalue weighted by molar-refractivity contribution is 5.82. The summed E-state index contributed by atoms with van der Waals surface area (Å²) >= 11 is 0. The molecule has 6 rings (SSSR count). The third-order valence-electron chi connectivity index (χ3n) is 5.62. The predicted molar refractivity (Wildman–Crippen MR) is 105 cm³/mol. The number of hydrogen-bond acceptors (Lipinski definition) is 2. The van der Waals surface area contributed by atoms with Crippen molar-refractivity contribution in [1.82, 2.24) is 20.0 Å². The maximum absolute atomic E-state index is 4.43. The summed E-state index contributed by atoms with van der Waals surface area (Å²) in [6.45, 7) is 2.08. The van der Waals surface area contributed by atoms with E-state index in [0.717, 1.165) is 23.0 Å². The summed E-state index contributed by atoms with van der Waals surface area (Å²) in [5.41, 5.74) is 6.49. The second kappa shape index (κ2) is 5.97. The van der Waals surface area contributed by atoms with Crippen molar-refractivity contribution in [3.8, 4) is 0 Å². The highest BCUT2D eigenvalue weighted by Gasteiger charge is 2.24. The summed E-state index contributed by atoms with van der Waals surface area (Å²) in [7, 11) is 2.01. The summed E-state index contributed by atoms with van der Waals surface area (Å²) in [4.78, 5) is 0. The van der Waals surface area contributed by atoms with Gasteiger partial charge in [0.15, 0.2) is 0 Å². The van der Waals surface area contributed by atoms with Gasteiger partial charge in [0.25, 0.3) is 0 Å². The second-order valence-corrected chi connectivity index (χ2v) is 7.75. The van der Waals surface area contributed by atoms with Gasteiger partial charge in [-0.2, -0.15) is 10.2 Å². The fourth-order valence-corrected chi connectivity index (χ4v) is 3.76. The average molecular weight is 344 g/mol. The first kappa shape index (κ1) is 15.6. The molecule has 2 aliphatic carbocycles. The van der Waals surface area contributed by atoms with Gasteiger partial charge < -0.3 is 0 Å². The Labute approximate surface area is 153 Å². The van der Waals surface area contributed by atoms with Crippen LogP contribution in [0.4, 0.5) is 0 Å². The van der Waals surface area contributed by atoms with Crippen LogP contribution in [0, 0.1) is 6.92 Å². The van der Waals surface area contributed by atoms with Gasteiger partial charge >= 0.3 is 0 Å². The van der Waals surface area contributed by atoms with Gasteiger partial charge in [0.1, 0.15) is 0 Å². The van der Waals surface area contributed by atoms with Gasteiger partial charge in [-0.1, -0.05) is 12.1 Å². The Balaban J connectivity index is 0.000000117. The topological polar surface area (TPSA) is 46.5 Å². The molecule has 0 aliphatic heterocycles. The zero-order chi connectivity index (χ0) is 17.7. The summed E-state index contributed by atoms with van der Waals surface area (Å²) in [6.07, 6.45) is 7.35. The summed E-state index contributed by atoms with van der Waals surface area (Å²) in [6, 6.07) is 13.3. The molecule has 2 heterocycles. The lowest BCUT2D eigenvalue weighted by Gasteiger charge is -1.98. The Bertz CT molecular complexity index is 1080. The van der Waals surface area contributed by atoms with Crippen LogP contribution in [0.5, 0.6) is 0 Å². The van der Waals surface area contributed by atoms with E-state index in [0.29, 0.717) is 0 Å². The molecule has 4 heteroatoms. The fraction of sp³-hybridized carbons (Fsp3) is 0.364. The lowest BCUT2D eigenvalue weighted by atomic mass is 10.1. The Hall–Kier alpha value is -2.62. The van der Waals surface area contributed by atoms with Crippen LogP contribution in [0.3, 0.4) is 0 Å². The lowest BCUT2D eigenvalue weighted by Crippen LogP contribution is -1.89. The first-order valence-electron chi connectivity index (χ1n) is 9.55. The van der Waals surface area contributed by atoms with E-state index in [9.17, 15) is 0 Å². The number of H-pyrrole nitrogens is 1. The maximum atomic E-state index is 4.43. The molecular formula is C22H24N4. The molecular weight excluding hydrogens is 320 g/mol. The van der Waals surface area contributed by atoms with Crippen LogP contribution in [-0.4, -0.2) is 20.0 Å². The fourth-order valence-electron chi connectivity index (χ4n) is 3.76. The van der Waals surface area contributed by atoms with E-state index < -0.39 is 0 Å². The van der Waals surface area contributed by atoms with E-state index in [1.54, 1.807) is 0 Å². The van der Waals surface area contributed by atoms with Crippen LogP contribution in [0.2, 0.25) is 0 Å².